The van der Waals surface area contributed by atoms with Gasteiger partial charge in [0.05, 0.1) is 5.56 Å². The summed E-state index contributed by atoms with van der Waals surface area (Å²) in [5.41, 5.74) is 10.6. The van der Waals surface area contributed by atoms with E-state index in [4.69, 9.17) is 9.95 Å². The SMILES string of the molecule is CCN(CC)c1ccc2cc(/C=C/C(=O)c3ccc(N=[N+]=[N-])cc3)c(=O)oc2c1. The first-order valence-electron chi connectivity index (χ1n) is 9.26. The maximum absolute atomic E-state index is 12.3. The number of ketones is 1. The van der Waals surface area contributed by atoms with Crippen molar-refractivity contribution in [3.63, 3.8) is 0 Å². The number of fused-ring (bicyclic) bond motifs is 1. The van der Waals surface area contributed by atoms with Crippen LogP contribution in [0, 0.1) is 0 Å². The molecule has 0 atom stereocenters. The zero-order chi connectivity index (χ0) is 20.8. The van der Waals surface area contributed by atoms with Crippen LogP contribution < -0.4 is 10.5 Å². The first-order valence-corrected chi connectivity index (χ1v) is 9.26. The van der Waals surface area contributed by atoms with Gasteiger partial charge in [-0.25, -0.2) is 4.79 Å². The predicted molar refractivity (Wildman–Crippen MR) is 115 cm³/mol. The molecule has 1 heterocycles. The highest BCUT2D eigenvalue weighted by Gasteiger charge is 2.08. The van der Waals surface area contributed by atoms with Crippen LogP contribution in [0.4, 0.5) is 11.4 Å². The van der Waals surface area contributed by atoms with Crippen LogP contribution in [0.3, 0.4) is 0 Å². The van der Waals surface area contributed by atoms with Crippen molar-refractivity contribution in [2.24, 2.45) is 5.11 Å². The van der Waals surface area contributed by atoms with Gasteiger partial charge in [0.25, 0.3) is 0 Å². The molecule has 3 aromatic rings. The molecular weight excluding hydrogens is 368 g/mol. The Morgan fingerprint density at radius 1 is 1.14 bits per heavy atom. The van der Waals surface area contributed by atoms with Crippen LogP contribution in [0.25, 0.3) is 27.5 Å². The number of azide groups is 1. The summed E-state index contributed by atoms with van der Waals surface area (Å²) in [5, 5.41) is 4.25. The summed E-state index contributed by atoms with van der Waals surface area (Å²) in [7, 11) is 0. The second kappa shape index (κ2) is 8.91. The van der Waals surface area contributed by atoms with Crippen molar-refractivity contribution < 1.29 is 9.21 Å². The second-order valence-corrected chi connectivity index (χ2v) is 6.32. The molecule has 7 heteroatoms. The number of hydrogen-bond acceptors (Lipinski definition) is 5. The number of allylic oxidation sites excluding steroid dienone is 1. The zero-order valence-electron chi connectivity index (χ0n) is 16.2. The van der Waals surface area contributed by atoms with Gasteiger partial charge < -0.3 is 9.32 Å². The van der Waals surface area contributed by atoms with Gasteiger partial charge in [-0.1, -0.05) is 29.4 Å². The van der Waals surface area contributed by atoms with E-state index in [-0.39, 0.29) is 5.78 Å². The van der Waals surface area contributed by atoms with Gasteiger partial charge in [-0.3, -0.25) is 4.79 Å². The minimum absolute atomic E-state index is 0.270. The number of hydrogen-bond donors (Lipinski definition) is 0. The van der Waals surface area contributed by atoms with E-state index in [2.05, 4.69) is 28.8 Å². The van der Waals surface area contributed by atoms with Gasteiger partial charge in [0, 0.05) is 46.4 Å². The van der Waals surface area contributed by atoms with E-state index in [1.165, 1.54) is 12.2 Å². The van der Waals surface area contributed by atoms with Gasteiger partial charge in [0.2, 0.25) is 0 Å². The highest BCUT2D eigenvalue weighted by Crippen LogP contribution is 2.22. The van der Waals surface area contributed by atoms with Crippen LogP contribution in [-0.2, 0) is 0 Å². The average Bonchev–Trinajstić information content (AvgIpc) is 2.73. The van der Waals surface area contributed by atoms with Gasteiger partial charge >= 0.3 is 5.63 Å². The number of benzene rings is 2. The van der Waals surface area contributed by atoms with Crippen molar-refractivity contribution in [1.29, 1.82) is 0 Å². The molecule has 0 unspecified atom stereocenters. The fourth-order valence-corrected chi connectivity index (χ4v) is 3.02. The number of rotatable bonds is 7. The summed E-state index contributed by atoms with van der Waals surface area (Å²) in [4.78, 5) is 29.5. The molecule has 0 spiro atoms. The quantitative estimate of drug-likeness (QED) is 0.134. The Labute approximate surface area is 167 Å². The summed E-state index contributed by atoms with van der Waals surface area (Å²) in [6.45, 7) is 5.86. The molecule has 0 amide bonds. The molecule has 2 aromatic carbocycles. The van der Waals surface area contributed by atoms with E-state index in [1.807, 2.05) is 18.2 Å². The number of anilines is 1. The van der Waals surface area contributed by atoms with Crippen LogP contribution >= 0.6 is 0 Å². The Hall–Kier alpha value is -3.83. The van der Waals surface area contributed by atoms with E-state index >= 15 is 0 Å². The van der Waals surface area contributed by atoms with Gasteiger partial charge in [0.15, 0.2) is 5.78 Å². The van der Waals surface area contributed by atoms with Gasteiger partial charge in [-0.2, -0.15) is 0 Å². The Balaban J connectivity index is 1.86. The predicted octanol–water partition coefficient (Wildman–Crippen LogP) is 5.48. The van der Waals surface area contributed by atoms with Crippen molar-refractivity contribution in [2.45, 2.75) is 13.8 Å². The molecule has 0 aliphatic rings. The third-order valence-electron chi connectivity index (χ3n) is 4.60. The van der Waals surface area contributed by atoms with Gasteiger partial charge in [-0.15, -0.1) is 0 Å². The van der Waals surface area contributed by atoms with Crippen LogP contribution in [0.15, 0.2) is 68.9 Å². The maximum Gasteiger partial charge on any atom is 0.343 e. The zero-order valence-corrected chi connectivity index (χ0v) is 16.2. The van der Waals surface area contributed by atoms with E-state index in [1.54, 1.807) is 30.3 Å². The summed E-state index contributed by atoms with van der Waals surface area (Å²) < 4.78 is 5.46. The number of carbonyl (C=O) groups is 1. The highest BCUT2D eigenvalue weighted by molar-refractivity contribution is 6.07. The van der Waals surface area contributed by atoms with Crippen LogP contribution in [0.5, 0.6) is 0 Å². The summed E-state index contributed by atoms with van der Waals surface area (Å²) in [6, 6.07) is 13.7. The minimum Gasteiger partial charge on any atom is -0.422 e. The molecule has 0 fully saturated rings. The smallest absolute Gasteiger partial charge is 0.343 e. The largest absolute Gasteiger partial charge is 0.422 e. The van der Waals surface area contributed by atoms with Crippen molar-refractivity contribution >= 4 is 34.2 Å². The van der Waals surface area contributed by atoms with Gasteiger partial charge in [0.1, 0.15) is 5.58 Å². The first kappa shape index (κ1) is 19.9. The summed E-state index contributed by atoms with van der Waals surface area (Å²) >= 11 is 0. The molecule has 0 bridgehead atoms. The molecule has 29 heavy (non-hydrogen) atoms. The monoisotopic (exact) mass is 388 g/mol. The standard InChI is InChI=1S/C22H20N4O3/c1-3-26(4-2)19-11-7-16-13-17(22(28)29-21(16)14-19)8-12-20(27)15-5-9-18(10-6-15)24-25-23/h5-14H,3-4H2,1-2H3/b12-8+. The Bertz CT molecular complexity index is 1170. The molecule has 0 radical (unpaired) electrons. The van der Waals surface area contributed by atoms with E-state index in [9.17, 15) is 9.59 Å². The Morgan fingerprint density at radius 2 is 1.86 bits per heavy atom. The van der Waals surface area contributed by atoms with Gasteiger partial charge in [-0.05, 0) is 49.7 Å². The third kappa shape index (κ3) is 4.54. The van der Waals surface area contributed by atoms with Crippen molar-refractivity contribution in [1.82, 2.24) is 0 Å². The highest BCUT2D eigenvalue weighted by atomic mass is 16.4. The topological polar surface area (TPSA) is 99.3 Å². The van der Waals surface area contributed by atoms with Crippen molar-refractivity contribution in [2.75, 3.05) is 18.0 Å². The number of nitrogens with zero attached hydrogens (tertiary/aromatic N) is 4. The van der Waals surface area contributed by atoms with E-state index < -0.39 is 5.63 Å². The molecule has 0 saturated heterocycles. The fraction of sp³-hybridized carbons (Fsp3) is 0.182. The number of carbonyl (C=O) groups excluding carboxylic acids is 1. The normalized spacial score (nSPS) is 10.8. The lowest BCUT2D eigenvalue weighted by molar-refractivity contribution is 0.104. The van der Waals surface area contributed by atoms with Crippen LogP contribution in [0.1, 0.15) is 29.8 Å². The fourth-order valence-electron chi connectivity index (χ4n) is 3.02. The Morgan fingerprint density at radius 3 is 2.52 bits per heavy atom. The molecule has 0 saturated carbocycles. The Kier molecular flexibility index (Phi) is 6.12. The minimum atomic E-state index is -0.503. The molecule has 0 aliphatic carbocycles. The third-order valence-corrected chi connectivity index (χ3v) is 4.60. The summed E-state index contributed by atoms with van der Waals surface area (Å²) in [5.74, 6) is -0.270. The molecular formula is C22H20N4O3. The van der Waals surface area contributed by atoms with E-state index in [0.717, 1.165) is 24.2 Å². The van der Waals surface area contributed by atoms with Crippen LogP contribution in [0.2, 0.25) is 0 Å². The molecule has 0 N–H and O–H groups in total. The van der Waals surface area contributed by atoms with E-state index in [0.29, 0.717) is 22.4 Å². The van der Waals surface area contributed by atoms with Crippen LogP contribution in [-0.4, -0.2) is 18.9 Å². The van der Waals surface area contributed by atoms with Crippen molar-refractivity contribution in [3.8, 4) is 0 Å². The average molecular weight is 388 g/mol. The molecule has 0 aliphatic heterocycles. The maximum atomic E-state index is 12.3. The lowest BCUT2D eigenvalue weighted by Gasteiger charge is -2.20. The summed E-state index contributed by atoms with van der Waals surface area (Å²) in [6.07, 6.45) is 2.78. The lowest BCUT2D eigenvalue weighted by Crippen LogP contribution is -2.21. The molecule has 146 valence electrons. The van der Waals surface area contributed by atoms with Crippen molar-refractivity contribution in [3.05, 3.63) is 86.6 Å². The molecule has 1 aromatic heterocycles. The lowest BCUT2D eigenvalue weighted by atomic mass is 10.1. The first-order chi connectivity index (χ1) is 14.0. The molecule has 7 nitrogen and oxygen atoms in total. The second-order valence-electron chi connectivity index (χ2n) is 6.32. The molecule has 3 rings (SSSR count).